The Morgan fingerprint density at radius 3 is 2.71 bits per heavy atom. The van der Waals surface area contributed by atoms with Crippen molar-refractivity contribution in [3.05, 3.63) is 68.2 Å². The molecule has 0 aliphatic carbocycles. The second-order valence-electron chi connectivity index (χ2n) is 7.88. The lowest BCUT2D eigenvalue weighted by Crippen LogP contribution is -2.59. The van der Waals surface area contributed by atoms with Gasteiger partial charge in [-0.05, 0) is 60.0 Å². The van der Waals surface area contributed by atoms with Gasteiger partial charge in [0.2, 0.25) is 5.72 Å². The van der Waals surface area contributed by atoms with Crippen LogP contribution in [0.5, 0.6) is 5.75 Å². The number of nitro benzene ring substituents is 1. The number of unbranched alkanes of at least 4 members (excludes halogenated alkanes) is 1. The normalized spacial score (nSPS) is 21.4. The molecule has 1 spiro atoms. The number of ether oxygens (including phenoxy) is 1. The lowest BCUT2D eigenvalue weighted by molar-refractivity contribution is -0.385. The van der Waals surface area contributed by atoms with Crippen molar-refractivity contribution in [1.29, 1.82) is 0 Å². The molecule has 0 bridgehead atoms. The van der Waals surface area contributed by atoms with Gasteiger partial charge in [-0.1, -0.05) is 31.5 Å². The average Bonchev–Trinajstić information content (AvgIpc) is 2.85. The van der Waals surface area contributed by atoms with Crippen LogP contribution in [0.1, 0.15) is 44.7 Å². The van der Waals surface area contributed by atoms with E-state index in [-0.39, 0.29) is 16.0 Å². The Labute approximate surface area is 173 Å². The smallest absolute Gasteiger partial charge is 0.271 e. The maximum absolute atomic E-state index is 11.2. The third-order valence-electron chi connectivity index (χ3n) is 5.91. The monoisotopic (exact) mass is 442 g/mol. The third kappa shape index (κ3) is 2.58. The highest BCUT2D eigenvalue weighted by molar-refractivity contribution is 9.10. The zero-order valence-corrected chi connectivity index (χ0v) is 17.8. The molecule has 4 rings (SSSR count). The number of halogens is 1. The number of nitro groups is 1. The fourth-order valence-electron chi connectivity index (χ4n) is 4.36. The van der Waals surface area contributed by atoms with Crippen LogP contribution in [-0.2, 0) is 5.41 Å². The summed E-state index contributed by atoms with van der Waals surface area (Å²) in [5.74, 6) is 0.649. The van der Waals surface area contributed by atoms with Gasteiger partial charge >= 0.3 is 0 Å². The van der Waals surface area contributed by atoms with Crippen LogP contribution in [-0.4, -0.2) is 17.2 Å². The topological polar surface area (TPSA) is 55.6 Å². The number of anilines is 1. The van der Waals surface area contributed by atoms with Crippen LogP contribution in [0.15, 0.2) is 46.9 Å². The third-order valence-corrected chi connectivity index (χ3v) is 6.50. The molecule has 2 aromatic carbocycles. The summed E-state index contributed by atoms with van der Waals surface area (Å²) in [5.41, 5.74) is 2.22. The zero-order chi connectivity index (χ0) is 20.1. The molecule has 0 aromatic heterocycles. The van der Waals surface area contributed by atoms with E-state index in [0.717, 1.165) is 19.4 Å². The maximum Gasteiger partial charge on any atom is 0.271 e. The van der Waals surface area contributed by atoms with E-state index >= 15 is 0 Å². The highest BCUT2D eigenvalue weighted by atomic mass is 79.9. The van der Waals surface area contributed by atoms with Crippen molar-refractivity contribution < 1.29 is 9.66 Å². The Morgan fingerprint density at radius 1 is 1.25 bits per heavy atom. The Morgan fingerprint density at radius 2 is 2.00 bits per heavy atom. The van der Waals surface area contributed by atoms with E-state index in [4.69, 9.17) is 4.74 Å². The van der Waals surface area contributed by atoms with Crippen molar-refractivity contribution in [3.8, 4) is 5.75 Å². The standard InChI is InChI=1S/C22H23BrN2O3/c1-4-5-12-24-19-9-7-6-8-17(19)21(2,3)22(24)11-10-15-13-16(25(26)27)14-18(23)20(15)28-22/h6-11,13-14H,4-5,12H2,1-3H3. The molecule has 2 aliphatic rings. The van der Waals surface area contributed by atoms with E-state index in [9.17, 15) is 10.1 Å². The minimum atomic E-state index is -0.683. The van der Waals surface area contributed by atoms with E-state index in [1.165, 1.54) is 17.3 Å². The number of hydrogen-bond acceptors (Lipinski definition) is 4. The molecule has 146 valence electrons. The molecule has 2 aliphatic heterocycles. The molecule has 28 heavy (non-hydrogen) atoms. The van der Waals surface area contributed by atoms with Gasteiger partial charge in [-0.15, -0.1) is 0 Å². The zero-order valence-electron chi connectivity index (χ0n) is 16.2. The predicted octanol–water partition coefficient (Wildman–Crippen LogP) is 6.06. The first kappa shape index (κ1) is 19.0. The first-order valence-corrected chi connectivity index (χ1v) is 10.3. The molecule has 1 unspecified atom stereocenters. The van der Waals surface area contributed by atoms with E-state index in [0.29, 0.717) is 15.8 Å². The van der Waals surface area contributed by atoms with Crippen LogP contribution in [0, 0.1) is 10.1 Å². The summed E-state index contributed by atoms with van der Waals surface area (Å²) in [5, 5.41) is 11.2. The fourth-order valence-corrected chi connectivity index (χ4v) is 4.90. The Bertz CT molecular complexity index is 986. The number of hydrogen-bond donors (Lipinski definition) is 0. The van der Waals surface area contributed by atoms with Crippen molar-refractivity contribution in [3.63, 3.8) is 0 Å². The fraction of sp³-hybridized carbons (Fsp3) is 0.364. The lowest BCUT2D eigenvalue weighted by Gasteiger charge is -2.47. The van der Waals surface area contributed by atoms with Gasteiger partial charge in [0.1, 0.15) is 5.75 Å². The van der Waals surface area contributed by atoms with Gasteiger partial charge in [-0.2, -0.15) is 0 Å². The van der Waals surface area contributed by atoms with Gasteiger partial charge in [0.25, 0.3) is 5.69 Å². The predicted molar refractivity (Wildman–Crippen MR) is 115 cm³/mol. The summed E-state index contributed by atoms with van der Waals surface area (Å²) in [6.45, 7) is 7.46. The SMILES string of the molecule is CCCCN1c2ccccc2C(C)(C)C12C=Cc1cc([N+](=O)[O-])cc(Br)c1O2. The molecule has 0 N–H and O–H groups in total. The molecule has 0 amide bonds. The first-order chi connectivity index (χ1) is 13.3. The summed E-state index contributed by atoms with van der Waals surface area (Å²) >= 11 is 3.50. The van der Waals surface area contributed by atoms with E-state index < -0.39 is 5.72 Å². The highest BCUT2D eigenvalue weighted by Crippen LogP contribution is 2.56. The second kappa shape index (κ2) is 6.62. The largest absolute Gasteiger partial charge is 0.462 e. The second-order valence-corrected chi connectivity index (χ2v) is 8.74. The molecule has 0 fully saturated rings. The molecule has 2 aromatic rings. The van der Waals surface area contributed by atoms with Crippen molar-refractivity contribution in [2.45, 2.75) is 44.8 Å². The molecule has 1 atom stereocenters. The van der Waals surface area contributed by atoms with Gasteiger partial charge in [0.05, 0.1) is 14.8 Å². The van der Waals surface area contributed by atoms with Crippen LogP contribution in [0.3, 0.4) is 0 Å². The quantitative estimate of drug-likeness (QED) is 0.426. The number of fused-ring (bicyclic) bond motifs is 2. The molecular formula is C22H23BrN2O3. The summed E-state index contributed by atoms with van der Waals surface area (Å²) < 4.78 is 7.32. The molecule has 2 heterocycles. The molecule has 5 nitrogen and oxygen atoms in total. The minimum Gasteiger partial charge on any atom is -0.462 e. The van der Waals surface area contributed by atoms with Crippen molar-refractivity contribution in [2.24, 2.45) is 0 Å². The Kier molecular flexibility index (Phi) is 4.49. The molecular weight excluding hydrogens is 420 g/mol. The molecule has 0 radical (unpaired) electrons. The average molecular weight is 443 g/mol. The lowest BCUT2D eigenvalue weighted by atomic mass is 9.76. The number of benzene rings is 2. The Balaban J connectivity index is 1.87. The van der Waals surface area contributed by atoms with Gasteiger partial charge in [0, 0.05) is 29.9 Å². The van der Waals surface area contributed by atoms with Gasteiger partial charge in [-0.3, -0.25) is 10.1 Å². The van der Waals surface area contributed by atoms with Gasteiger partial charge in [0.15, 0.2) is 0 Å². The molecule has 0 saturated heterocycles. The van der Waals surface area contributed by atoms with Crippen molar-refractivity contribution >= 4 is 33.4 Å². The van der Waals surface area contributed by atoms with Crippen LogP contribution >= 0.6 is 15.9 Å². The summed E-state index contributed by atoms with van der Waals surface area (Å²) in [6, 6.07) is 11.5. The van der Waals surface area contributed by atoms with Crippen LogP contribution in [0.4, 0.5) is 11.4 Å². The number of non-ortho nitro benzene ring substituents is 1. The van der Waals surface area contributed by atoms with Crippen LogP contribution in [0.2, 0.25) is 0 Å². The molecule has 0 saturated carbocycles. The summed E-state index contributed by atoms with van der Waals surface area (Å²) in [4.78, 5) is 13.2. The van der Waals surface area contributed by atoms with Crippen LogP contribution < -0.4 is 9.64 Å². The summed E-state index contributed by atoms with van der Waals surface area (Å²) in [7, 11) is 0. The van der Waals surface area contributed by atoms with Crippen molar-refractivity contribution in [1.82, 2.24) is 0 Å². The van der Waals surface area contributed by atoms with E-state index in [1.807, 2.05) is 6.08 Å². The molecule has 6 heteroatoms. The van der Waals surface area contributed by atoms with Crippen LogP contribution in [0.25, 0.3) is 6.08 Å². The number of para-hydroxylation sites is 1. The van der Waals surface area contributed by atoms with E-state index in [1.54, 1.807) is 6.07 Å². The minimum absolute atomic E-state index is 0.0478. The number of nitrogens with zero attached hydrogens (tertiary/aromatic N) is 2. The Hall–Kier alpha value is -2.34. The van der Waals surface area contributed by atoms with E-state index in [2.05, 4.69) is 71.9 Å². The number of rotatable bonds is 4. The maximum atomic E-state index is 11.2. The van der Waals surface area contributed by atoms with Gasteiger partial charge < -0.3 is 9.64 Å². The summed E-state index contributed by atoms with van der Waals surface area (Å²) in [6.07, 6.45) is 6.17. The van der Waals surface area contributed by atoms with Gasteiger partial charge in [-0.25, -0.2) is 0 Å². The van der Waals surface area contributed by atoms with Crippen molar-refractivity contribution in [2.75, 3.05) is 11.4 Å². The highest BCUT2D eigenvalue weighted by Gasteiger charge is 2.58. The first-order valence-electron chi connectivity index (χ1n) is 9.55.